The van der Waals surface area contributed by atoms with E-state index < -0.39 is 11.2 Å². The molecule has 5 heteroatoms. The van der Waals surface area contributed by atoms with Crippen LogP contribution in [0.5, 0.6) is 0 Å². The van der Waals surface area contributed by atoms with Crippen molar-refractivity contribution in [1.82, 2.24) is 0 Å². The van der Waals surface area contributed by atoms with E-state index >= 15 is 0 Å². The molecule has 1 rings (SSSR count). The highest BCUT2D eigenvalue weighted by Crippen LogP contribution is 2.21. The normalized spacial score (nSPS) is 10.5. The van der Waals surface area contributed by atoms with Gasteiger partial charge in [-0.2, -0.15) is 0 Å². The molecule has 0 aromatic heterocycles. The third-order valence-corrected chi connectivity index (χ3v) is 2.09. The van der Waals surface area contributed by atoms with Crippen LogP contribution in [0.1, 0.15) is 15.9 Å². The predicted molar refractivity (Wildman–Crippen MR) is 58.3 cm³/mol. The van der Waals surface area contributed by atoms with Crippen molar-refractivity contribution >= 4 is 40.5 Å². The third kappa shape index (κ3) is 3.08. The van der Waals surface area contributed by atoms with E-state index in [0.717, 1.165) is 6.08 Å². The fourth-order valence-corrected chi connectivity index (χ4v) is 1.39. The van der Waals surface area contributed by atoms with Crippen LogP contribution >= 0.6 is 23.2 Å². The number of benzene rings is 1. The number of aromatic carboxylic acids is 1. The number of carbonyl (C=O) groups excluding carboxylic acids is 1. The Balaban J connectivity index is 3.23. The van der Waals surface area contributed by atoms with Crippen LogP contribution in [-0.4, -0.2) is 16.3 Å². The fraction of sp³-hybridized carbons (Fsp3) is 0. The molecule has 0 unspecified atom stereocenters. The summed E-state index contributed by atoms with van der Waals surface area (Å²) in [5, 5.41) is 8.32. The van der Waals surface area contributed by atoms with Crippen molar-refractivity contribution in [1.29, 1.82) is 0 Å². The number of hydrogen-bond acceptors (Lipinski definition) is 2. The Bertz CT molecular complexity index is 438. The molecule has 0 saturated heterocycles. The van der Waals surface area contributed by atoms with Crippen molar-refractivity contribution in [3.8, 4) is 0 Å². The molecular weight excluding hydrogens is 239 g/mol. The Morgan fingerprint density at radius 2 is 2.00 bits per heavy atom. The van der Waals surface area contributed by atoms with Gasteiger partial charge in [0.1, 0.15) is 0 Å². The largest absolute Gasteiger partial charge is 0.478 e. The lowest BCUT2D eigenvalue weighted by molar-refractivity contribution is -0.107. The SMILES string of the molecule is O=C(Cl)C=Cc1cccc(Cl)c1C(=O)O. The Morgan fingerprint density at radius 3 is 2.53 bits per heavy atom. The molecule has 0 atom stereocenters. The molecule has 0 radical (unpaired) electrons. The predicted octanol–water partition coefficient (Wildman–Crippen LogP) is 2.82. The summed E-state index contributed by atoms with van der Waals surface area (Å²) in [7, 11) is 0. The van der Waals surface area contributed by atoms with Crippen LogP contribution < -0.4 is 0 Å². The first-order chi connectivity index (χ1) is 7.02. The monoisotopic (exact) mass is 244 g/mol. The Hall–Kier alpha value is -1.32. The van der Waals surface area contributed by atoms with Gasteiger partial charge in [-0.15, -0.1) is 0 Å². The molecule has 0 aliphatic heterocycles. The molecule has 0 bridgehead atoms. The Labute approximate surface area is 95.9 Å². The van der Waals surface area contributed by atoms with Gasteiger partial charge in [0.15, 0.2) is 0 Å². The van der Waals surface area contributed by atoms with E-state index in [2.05, 4.69) is 0 Å². The smallest absolute Gasteiger partial charge is 0.337 e. The number of allylic oxidation sites excluding steroid dienone is 1. The van der Waals surface area contributed by atoms with Gasteiger partial charge in [0.2, 0.25) is 5.24 Å². The maximum Gasteiger partial charge on any atom is 0.337 e. The summed E-state index contributed by atoms with van der Waals surface area (Å²) in [6.07, 6.45) is 2.38. The molecule has 0 aliphatic carbocycles. The van der Waals surface area contributed by atoms with Gasteiger partial charge in [0, 0.05) is 0 Å². The summed E-state index contributed by atoms with van der Waals surface area (Å²) >= 11 is 10.8. The number of rotatable bonds is 3. The van der Waals surface area contributed by atoms with E-state index in [1.54, 1.807) is 6.07 Å². The molecule has 1 aromatic rings. The summed E-state index contributed by atoms with van der Waals surface area (Å²) in [4.78, 5) is 21.3. The molecular formula is C10H6Cl2O3. The molecule has 0 spiro atoms. The van der Waals surface area contributed by atoms with Crippen LogP contribution in [0.4, 0.5) is 0 Å². The topological polar surface area (TPSA) is 54.4 Å². The average Bonchev–Trinajstić information content (AvgIpc) is 2.13. The first-order valence-electron chi connectivity index (χ1n) is 3.91. The minimum Gasteiger partial charge on any atom is -0.478 e. The highest BCUT2D eigenvalue weighted by atomic mass is 35.5. The minimum absolute atomic E-state index is 0.0478. The maximum atomic E-state index is 10.9. The van der Waals surface area contributed by atoms with Gasteiger partial charge in [-0.05, 0) is 35.4 Å². The highest BCUT2D eigenvalue weighted by Gasteiger charge is 2.12. The zero-order valence-electron chi connectivity index (χ0n) is 7.41. The van der Waals surface area contributed by atoms with Gasteiger partial charge < -0.3 is 5.11 Å². The van der Waals surface area contributed by atoms with Gasteiger partial charge in [0.25, 0.3) is 0 Å². The van der Waals surface area contributed by atoms with Crippen LogP contribution in [0.2, 0.25) is 5.02 Å². The van der Waals surface area contributed by atoms with E-state index in [9.17, 15) is 9.59 Å². The van der Waals surface area contributed by atoms with Crippen molar-refractivity contribution in [2.75, 3.05) is 0 Å². The Kier molecular flexibility index (Phi) is 3.88. The first kappa shape index (κ1) is 11.8. The van der Waals surface area contributed by atoms with E-state index in [1.165, 1.54) is 18.2 Å². The van der Waals surface area contributed by atoms with Crippen LogP contribution in [-0.2, 0) is 4.79 Å². The van der Waals surface area contributed by atoms with Crippen molar-refractivity contribution in [2.24, 2.45) is 0 Å². The molecule has 0 fully saturated rings. The standard InChI is InChI=1S/C10H6Cl2O3/c11-7-3-1-2-6(4-5-8(12)13)9(7)10(14)15/h1-5H,(H,14,15). The molecule has 3 nitrogen and oxygen atoms in total. The minimum atomic E-state index is -1.15. The van der Waals surface area contributed by atoms with Crippen LogP contribution in [0.3, 0.4) is 0 Å². The third-order valence-electron chi connectivity index (χ3n) is 1.65. The van der Waals surface area contributed by atoms with E-state index in [0.29, 0.717) is 5.56 Å². The van der Waals surface area contributed by atoms with Gasteiger partial charge in [0.05, 0.1) is 10.6 Å². The maximum absolute atomic E-state index is 10.9. The number of halogens is 2. The quantitative estimate of drug-likeness (QED) is 0.658. The molecule has 78 valence electrons. The summed E-state index contributed by atoms with van der Waals surface area (Å²) in [6.45, 7) is 0. The summed E-state index contributed by atoms with van der Waals surface area (Å²) in [5.74, 6) is -1.15. The van der Waals surface area contributed by atoms with Crippen LogP contribution in [0.15, 0.2) is 24.3 Å². The fourth-order valence-electron chi connectivity index (χ4n) is 1.06. The molecule has 0 aliphatic rings. The summed E-state index contributed by atoms with van der Waals surface area (Å²) in [6, 6.07) is 4.59. The molecule has 0 heterocycles. The first-order valence-corrected chi connectivity index (χ1v) is 4.67. The lowest BCUT2D eigenvalue weighted by Gasteiger charge is -2.02. The van der Waals surface area contributed by atoms with Crippen LogP contribution in [0.25, 0.3) is 6.08 Å². The van der Waals surface area contributed by atoms with E-state index in [4.69, 9.17) is 28.3 Å². The summed E-state index contributed by atoms with van der Waals surface area (Å²) in [5.41, 5.74) is 0.289. The Morgan fingerprint density at radius 1 is 1.33 bits per heavy atom. The van der Waals surface area contributed by atoms with Crippen molar-refractivity contribution in [2.45, 2.75) is 0 Å². The van der Waals surface area contributed by atoms with Gasteiger partial charge >= 0.3 is 5.97 Å². The van der Waals surface area contributed by atoms with E-state index in [1.807, 2.05) is 0 Å². The number of carbonyl (C=O) groups is 2. The molecule has 0 amide bonds. The molecule has 1 N–H and O–H groups in total. The number of carboxylic acids is 1. The van der Waals surface area contributed by atoms with Gasteiger partial charge in [-0.25, -0.2) is 4.79 Å². The summed E-state index contributed by atoms with van der Waals surface area (Å²) < 4.78 is 0. The molecule has 15 heavy (non-hydrogen) atoms. The van der Waals surface area contributed by atoms with Crippen molar-refractivity contribution in [3.05, 3.63) is 40.4 Å². The van der Waals surface area contributed by atoms with Crippen LogP contribution in [0, 0.1) is 0 Å². The number of hydrogen-bond donors (Lipinski definition) is 1. The average molecular weight is 245 g/mol. The van der Waals surface area contributed by atoms with E-state index in [-0.39, 0.29) is 10.6 Å². The second kappa shape index (κ2) is 4.96. The van der Waals surface area contributed by atoms with Crippen molar-refractivity contribution < 1.29 is 14.7 Å². The lowest BCUT2D eigenvalue weighted by atomic mass is 10.1. The molecule has 1 aromatic carbocycles. The molecule has 0 saturated carbocycles. The van der Waals surface area contributed by atoms with Gasteiger partial charge in [-0.3, -0.25) is 4.79 Å². The van der Waals surface area contributed by atoms with Crippen molar-refractivity contribution in [3.63, 3.8) is 0 Å². The number of carboxylic acid groups (broad SMARTS) is 1. The second-order valence-corrected chi connectivity index (χ2v) is 3.43. The lowest BCUT2D eigenvalue weighted by Crippen LogP contribution is -2.00. The zero-order valence-corrected chi connectivity index (χ0v) is 8.92. The van der Waals surface area contributed by atoms with Gasteiger partial charge in [-0.1, -0.05) is 23.7 Å². The second-order valence-electron chi connectivity index (χ2n) is 2.65. The highest BCUT2D eigenvalue weighted by molar-refractivity contribution is 6.66. The zero-order chi connectivity index (χ0) is 11.4.